The topological polar surface area (TPSA) is 35.5 Å². The van der Waals surface area contributed by atoms with Gasteiger partial charge in [0.15, 0.2) is 6.10 Å². The van der Waals surface area contributed by atoms with Crippen LogP contribution in [-0.2, 0) is 14.3 Å². The second-order valence-corrected chi connectivity index (χ2v) is 5.84. The van der Waals surface area contributed by atoms with E-state index in [9.17, 15) is 4.79 Å². The summed E-state index contributed by atoms with van der Waals surface area (Å²) in [5, 5.41) is 0. The lowest BCUT2D eigenvalue weighted by Gasteiger charge is -2.14. The maximum absolute atomic E-state index is 11.2. The van der Waals surface area contributed by atoms with Crippen molar-refractivity contribution in [2.24, 2.45) is 5.92 Å². The molecule has 0 saturated heterocycles. The first-order valence-electron chi connectivity index (χ1n) is 8.31. The predicted molar refractivity (Wildman–Crippen MR) is 83.8 cm³/mol. The van der Waals surface area contributed by atoms with Crippen LogP contribution in [0.3, 0.4) is 0 Å². The van der Waals surface area contributed by atoms with Crippen molar-refractivity contribution in [3.63, 3.8) is 0 Å². The summed E-state index contributed by atoms with van der Waals surface area (Å²) < 4.78 is 10.1. The van der Waals surface area contributed by atoms with Crippen molar-refractivity contribution in [2.75, 3.05) is 13.7 Å². The number of carbonyl (C=O) groups is 1. The normalized spacial score (nSPS) is 14.0. The summed E-state index contributed by atoms with van der Waals surface area (Å²) in [5.41, 5.74) is 0. The maximum Gasteiger partial charge on any atom is 0.334 e. The van der Waals surface area contributed by atoms with Gasteiger partial charge in [0.25, 0.3) is 0 Å². The van der Waals surface area contributed by atoms with E-state index >= 15 is 0 Å². The summed E-state index contributed by atoms with van der Waals surface area (Å²) in [6, 6.07) is 0. The molecule has 3 nitrogen and oxygen atoms in total. The molecule has 0 aliphatic rings. The molecule has 0 aromatic heterocycles. The summed E-state index contributed by atoms with van der Waals surface area (Å²) in [6.07, 6.45) is 11.4. The molecule has 0 aromatic carbocycles. The van der Waals surface area contributed by atoms with Crippen molar-refractivity contribution in [2.45, 2.75) is 84.7 Å². The number of carbonyl (C=O) groups excluding carboxylic acids is 1. The van der Waals surface area contributed by atoms with E-state index in [-0.39, 0.29) is 5.97 Å². The van der Waals surface area contributed by atoms with Gasteiger partial charge in [0.1, 0.15) is 0 Å². The first kappa shape index (κ1) is 19.4. The number of hydrogen-bond acceptors (Lipinski definition) is 3. The molecule has 0 aliphatic carbocycles. The van der Waals surface area contributed by atoms with Crippen LogP contribution in [0.1, 0.15) is 78.6 Å². The SMILES string of the molecule is CCCCCCCCCC(C)CCOC(C)C(=O)OC. The minimum absolute atomic E-state index is 0.287. The quantitative estimate of drug-likeness (QED) is 0.362. The molecule has 3 heteroatoms. The fraction of sp³-hybridized carbons (Fsp3) is 0.941. The van der Waals surface area contributed by atoms with E-state index in [2.05, 4.69) is 18.6 Å². The van der Waals surface area contributed by atoms with Gasteiger partial charge in [-0.25, -0.2) is 4.79 Å². The minimum Gasteiger partial charge on any atom is -0.467 e. The molecular weight excluding hydrogens is 252 g/mol. The molecule has 2 atom stereocenters. The van der Waals surface area contributed by atoms with Gasteiger partial charge in [-0.3, -0.25) is 0 Å². The molecular formula is C17H34O3. The van der Waals surface area contributed by atoms with Gasteiger partial charge in [-0.05, 0) is 19.3 Å². The van der Waals surface area contributed by atoms with Crippen LogP contribution >= 0.6 is 0 Å². The minimum atomic E-state index is -0.439. The summed E-state index contributed by atoms with van der Waals surface area (Å²) in [5.74, 6) is 0.389. The Bertz CT molecular complexity index is 228. The molecule has 120 valence electrons. The Kier molecular flexibility index (Phi) is 13.0. The highest BCUT2D eigenvalue weighted by Gasteiger charge is 2.13. The van der Waals surface area contributed by atoms with Crippen LogP contribution in [0.2, 0.25) is 0 Å². The van der Waals surface area contributed by atoms with E-state index in [0.29, 0.717) is 12.5 Å². The van der Waals surface area contributed by atoms with Crippen LogP contribution < -0.4 is 0 Å². The molecule has 0 spiro atoms. The van der Waals surface area contributed by atoms with Crippen LogP contribution in [0.4, 0.5) is 0 Å². The van der Waals surface area contributed by atoms with Crippen LogP contribution in [0.15, 0.2) is 0 Å². The van der Waals surface area contributed by atoms with Crippen molar-refractivity contribution >= 4 is 5.97 Å². The monoisotopic (exact) mass is 286 g/mol. The van der Waals surface area contributed by atoms with E-state index in [0.717, 1.165) is 6.42 Å². The highest BCUT2D eigenvalue weighted by atomic mass is 16.6. The standard InChI is InChI=1S/C17H34O3/c1-5-6-7-8-9-10-11-12-15(2)13-14-20-16(3)17(18)19-4/h15-16H,5-14H2,1-4H3. The molecule has 0 amide bonds. The number of ether oxygens (including phenoxy) is 2. The van der Waals surface area contributed by atoms with Crippen molar-refractivity contribution in [3.8, 4) is 0 Å². The van der Waals surface area contributed by atoms with Gasteiger partial charge in [0, 0.05) is 6.61 Å². The molecule has 0 saturated carbocycles. The smallest absolute Gasteiger partial charge is 0.334 e. The lowest BCUT2D eigenvalue weighted by atomic mass is 9.99. The largest absolute Gasteiger partial charge is 0.467 e. The molecule has 0 radical (unpaired) electrons. The van der Waals surface area contributed by atoms with E-state index in [1.165, 1.54) is 58.5 Å². The van der Waals surface area contributed by atoms with Crippen molar-refractivity contribution in [3.05, 3.63) is 0 Å². The lowest BCUT2D eigenvalue weighted by molar-refractivity contribution is -0.153. The highest BCUT2D eigenvalue weighted by Crippen LogP contribution is 2.15. The zero-order valence-corrected chi connectivity index (χ0v) is 14.0. The molecule has 0 aromatic rings. The summed E-state index contributed by atoms with van der Waals surface area (Å²) in [4.78, 5) is 11.2. The molecule has 0 rings (SSSR count). The lowest BCUT2D eigenvalue weighted by Crippen LogP contribution is -2.23. The summed E-state index contributed by atoms with van der Waals surface area (Å²) in [7, 11) is 1.39. The zero-order chi connectivity index (χ0) is 15.2. The number of methoxy groups -OCH3 is 1. The van der Waals surface area contributed by atoms with Gasteiger partial charge >= 0.3 is 5.97 Å². The number of hydrogen-bond donors (Lipinski definition) is 0. The molecule has 0 N–H and O–H groups in total. The molecule has 0 heterocycles. The molecule has 20 heavy (non-hydrogen) atoms. The van der Waals surface area contributed by atoms with Crippen LogP contribution in [0.25, 0.3) is 0 Å². The van der Waals surface area contributed by atoms with Gasteiger partial charge in [0.2, 0.25) is 0 Å². The van der Waals surface area contributed by atoms with Crippen molar-refractivity contribution in [1.29, 1.82) is 0 Å². The van der Waals surface area contributed by atoms with Crippen LogP contribution in [0.5, 0.6) is 0 Å². The van der Waals surface area contributed by atoms with E-state index in [4.69, 9.17) is 4.74 Å². The Balaban J connectivity index is 3.37. The van der Waals surface area contributed by atoms with Crippen LogP contribution in [0, 0.1) is 5.92 Å². The Hall–Kier alpha value is -0.570. The van der Waals surface area contributed by atoms with E-state index in [1.807, 2.05) is 0 Å². The summed E-state index contributed by atoms with van der Waals surface area (Å²) in [6.45, 7) is 6.91. The van der Waals surface area contributed by atoms with Crippen molar-refractivity contribution < 1.29 is 14.3 Å². The van der Waals surface area contributed by atoms with Gasteiger partial charge in [0.05, 0.1) is 7.11 Å². The Morgan fingerprint density at radius 2 is 1.55 bits per heavy atom. The fourth-order valence-electron chi connectivity index (χ4n) is 2.27. The van der Waals surface area contributed by atoms with Gasteiger partial charge in [-0.2, -0.15) is 0 Å². The van der Waals surface area contributed by atoms with Gasteiger partial charge in [-0.1, -0.05) is 65.2 Å². The highest BCUT2D eigenvalue weighted by molar-refractivity contribution is 5.73. The van der Waals surface area contributed by atoms with E-state index < -0.39 is 6.10 Å². The zero-order valence-electron chi connectivity index (χ0n) is 14.0. The first-order chi connectivity index (χ1) is 9.61. The Morgan fingerprint density at radius 3 is 2.15 bits per heavy atom. The predicted octanol–water partition coefficient (Wildman–Crippen LogP) is 4.73. The van der Waals surface area contributed by atoms with E-state index in [1.54, 1.807) is 6.92 Å². The number of esters is 1. The Labute approximate surface area is 125 Å². The number of rotatable bonds is 13. The molecule has 0 aliphatic heterocycles. The third kappa shape index (κ3) is 11.3. The third-order valence-corrected chi connectivity index (χ3v) is 3.81. The fourth-order valence-corrected chi connectivity index (χ4v) is 2.27. The summed E-state index contributed by atoms with van der Waals surface area (Å²) >= 11 is 0. The average molecular weight is 286 g/mol. The molecule has 2 unspecified atom stereocenters. The van der Waals surface area contributed by atoms with Crippen LogP contribution in [-0.4, -0.2) is 25.8 Å². The second-order valence-electron chi connectivity index (χ2n) is 5.84. The third-order valence-electron chi connectivity index (χ3n) is 3.81. The first-order valence-corrected chi connectivity index (χ1v) is 8.31. The van der Waals surface area contributed by atoms with Crippen molar-refractivity contribution in [1.82, 2.24) is 0 Å². The second kappa shape index (κ2) is 13.4. The molecule has 0 bridgehead atoms. The van der Waals surface area contributed by atoms with Gasteiger partial charge < -0.3 is 9.47 Å². The average Bonchev–Trinajstić information content (AvgIpc) is 2.45. The maximum atomic E-state index is 11.2. The number of unbranched alkanes of at least 4 members (excludes halogenated alkanes) is 6. The van der Waals surface area contributed by atoms with Gasteiger partial charge in [-0.15, -0.1) is 0 Å². The Morgan fingerprint density at radius 1 is 0.950 bits per heavy atom. The molecule has 0 fully saturated rings.